The SMILES string of the molecule is Cc1cccc(-c2n[nH]c(=S)n2CCC(=O)Nc2nnc(C)s2)c1. The Morgan fingerprint density at radius 3 is 2.92 bits per heavy atom. The summed E-state index contributed by atoms with van der Waals surface area (Å²) in [5.74, 6) is 0.590. The number of carbonyl (C=O) groups is 1. The van der Waals surface area contributed by atoms with Crippen LogP contribution in [0.25, 0.3) is 11.4 Å². The minimum Gasteiger partial charge on any atom is -0.300 e. The average Bonchev–Trinajstić information content (AvgIpc) is 3.11. The first-order chi connectivity index (χ1) is 11.5. The number of aryl methyl sites for hydroxylation is 2. The Morgan fingerprint density at radius 2 is 2.21 bits per heavy atom. The van der Waals surface area contributed by atoms with Gasteiger partial charge in [-0.05, 0) is 32.1 Å². The van der Waals surface area contributed by atoms with Crippen LogP contribution in [0.5, 0.6) is 0 Å². The second kappa shape index (κ2) is 7.02. The van der Waals surface area contributed by atoms with Gasteiger partial charge in [0.05, 0.1) is 0 Å². The van der Waals surface area contributed by atoms with Crippen LogP contribution in [0.3, 0.4) is 0 Å². The van der Waals surface area contributed by atoms with E-state index in [0.717, 1.165) is 22.0 Å². The molecule has 3 aromatic rings. The Kier molecular flexibility index (Phi) is 4.81. The second-order valence-corrected chi connectivity index (χ2v) is 6.87. The van der Waals surface area contributed by atoms with Crippen molar-refractivity contribution in [2.45, 2.75) is 26.8 Å². The first-order valence-corrected chi connectivity index (χ1v) is 8.57. The number of hydrogen-bond acceptors (Lipinski definition) is 6. The lowest BCUT2D eigenvalue weighted by molar-refractivity contribution is -0.116. The molecule has 0 bridgehead atoms. The number of nitrogens with zero attached hydrogens (tertiary/aromatic N) is 4. The molecule has 1 aromatic carbocycles. The molecule has 2 N–H and O–H groups in total. The minimum atomic E-state index is -0.135. The van der Waals surface area contributed by atoms with Crippen LogP contribution in [0.1, 0.15) is 17.0 Å². The molecule has 24 heavy (non-hydrogen) atoms. The van der Waals surface area contributed by atoms with E-state index in [4.69, 9.17) is 12.2 Å². The van der Waals surface area contributed by atoms with E-state index in [0.29, 0.717) is 16.4 Å². The lowest BCUT2D eigenvalue weighted by Crippen LogP contribution is -2.15. The van der Waals surface area contributed by atoms with Crippen LogP contribution >= 0.6 is 23.6 Å². The highest BCUT2D eigenvalue weighted by molar-refractivity contribution is 7.71. The number of rotatable bonds is 5. The molecule has 124 valence electrons. The fraction of sp³-hybridized carbons (Fsp3) is 0.267. The molecule has 0 unspecified atom stereocenters. The van der Waals surface area contributed by atoms with Gasteiger partial charge in [-0.15, -0.1) is 10.2 Å². The van der Waals surface area contributed by atoms with Gasteiger partial charge in [-0.1, -0.05) is 35.1 Å². The van der Waals surface area contributed by atoms with E-state index < -0.39 is 0 Å². The number of benzene rings is 1. The first-order valence-electron chi connectivity index (χ1n) is 7.35. The van der Waals surface area contributed by atoms with Crippen LogP contribution in [0, 0.1) is 18.6 Å². The van der Waals surface area contributed by atoms with Gasteiger partial charge < -0.3 is 5.32 Å². The smallest absolute Gasteiger partial charge is 0.227 e. The van der Waals surface area contributed by atoms with E-state index in [1.54, 1.807) is 0 Å². The summed E-state index contributed by atoms with van der Waals surface area (Å²) >= 11 is 6.63. The largest absolute Gasteiger partial charge is 0.300 e. The van der Waals surface area contributed by atoms with E-state index in [1.165, 1.54) is 11.3 Å². The fourth-order valence-corrected chi connectivity index (χ4v) is 3.10. The molecule has 1 amide bonds. The van der Waals surface area contributed by atoms with Crippen LogP contribution in [0.4, 0.5) is 5.13 Å². The maximum absolute atomic E-state index is 12.1. The van der Waals surface area contributed by atoms with Gasteiger partial charge in [-0.2, -0.15) is 5.10 Å². The Morgan fingerprint density at radius 1 is 1.38 bits per heavy atom. The van der Waals surface area contributed by atoms with E-state index in [2.05, 4.69) is 25.7 Å². The predicted octanol–water partition coefficient (Wildman–Crippen LogP) is 3.10. The molecule has 0 saturated heterocycles. The highest BCUT2D eigenvalue weighted by Crippen LogP contribution is 2.19. The van der Waals surface area contributed by atoms with Crippen LogP contribution in [0.15, 0.2) is 24.3 Å². The number of hydrogen-bond donors (Lipinski definition) is 2. The molecule has 9 heteroatoms. The van der Waals surface area contributed by atoms with Crippen molar-refractivity contribution in [3.63, 3.8) is 0 Å². The lowest BCUT2D eigenvalue weighted by atomic mass is 10.1. The Balaban J connectivity index is 1.72. The van der Waals surface area contributed by atoms with Gasteiger partial charge in [-0.3, -0.25) is 14.5 Å². The summed E-state index contributed by atoms with van der Waals surface area (Å²) in [6, 6.07) is 7.99. The Bertz CT molecular complexity index is 926. The van der Waals surface area contributed by atoms with Crippen LogP contribution < -0.4 is 5.32 Å². The lowest BCUT2D eigenvalue weighted by Gasteiger charge is -2.07. The molecular weight excluding hydrogens is 344 g/mol. The molecule has 0 atom stereocenters. The standard InChI is InChI=1S/C15H16N6OS2/c1-9-4-3-5-11(8-9)13-18-20-15(23)21(13)7-6-12(22)16-14-19-17-10(2)24-14/h3-5,8H,6-7H2,1-2H3,(H,20,23)(H,16,19,22). The molecule has 2 heterocycles. The summed E-state index contributed by atoms with van der Waals surface area (Å²) in [4.78, 5) is 12.1. The van der Waals surface area contributed by atoms with Crippen molar-refractivity contribution >= 4 is 34.6 Å². The molecular formula is C15H16N6OS2. The molecule has 0 spiro atoms. The van der Waals surface area contributed by atoms with Crippen LogP contribution in [0.2, 0.25) is 0 Å². The number of amides is 1. The third-order valence-corrected chi connectivity index (χ3v) is 4.44. The fourth-order valence-electron chi connectivity index (χ4n) is 2.27. The van der Waals surface area contributed by atoms with Crippen molar-refractivity contribution in [3.05, 3.63) is 39.6 Å². The molecule has 2 aromatic heterocycles. The van der Waals surface area contributed by atoms with E-state index in [-0.39, 0.29) is 12.3 Å². The van der Waals surface area contributed by atoms with Crippen molar-refractivity contribution in [2.75, 3.05) is 5.32 Å². The number of nitrogens with one attached hydrogen (secondary N) is 2. The first kappa shape index (κ1) is 16.5. The second-order valence-electron chi connectivity index (χ2n) is 5.30. The van der Waals surface area contributed by atoms with Gasteiger partial charge in [0.25, 0.3) is 0 Å². The molecule has 3 rings (SSSR count). The van der Waals surface area contributed by atoms with Crippen molar-refractivity contribution in [3.8, 4) is 11.4 Å². The summed E-state index contributed by atoms with van der Waals surface area (Å²) in [6.07, 6.45) is 0.269. The van der Waals surface area contributed by atoms with E-state index in [1.807, 2.05) is 42.7 Å². The maximum Gasteiger partial charge on any atom is 0.227 e. The summed E-state index contributed by atoms with van der Waals surface area (Å²) in [7, 11) is 0. The van der Waals surface area contributed by atoms with E-state index in [9.17, 15) is 4.79 Å². The topological polar surface area (TPSA) is 88.5 Å². The average molecular weight is 360 g/mol. The zero-order chi connectivity index (χ0) is 17.1. The number of carbonyl (C=O) groups excluding carboxylic acids is 1. The van der Waals surface area contributed by atoms with Crippen LogP contribution in [-0.2, 0) is 11.3 Å². The van der Waals surface area contributed by atoms with Crippen LogP contribution in [-0.4, -0.2) is 30.9 Å². The predicted molar refractivity (Wildman–Crippen MR) is 95.5 cm³/mol. The highest BCUT2D eigenvalue weighted by atomic mass is 32.1. The highest BCUT2D eigenvalue weighted by Gasteiger charge is 2.12. The van der Waals surface area contributed by atoms with Gasteiger partial charge in [0, 0.05) is 18.5 Å². The Hall–Kier alpha value is -2.39. The van der Waals surface area contributed by atoms with Gasteiger partial charge in [0.1, 0.15) is 5.01 Å². The van der Waals surface area contributed by atoms with Crippen molar-refractivity contribution in [1.82, 2.24) is 25.0 Å². The minimum absolute atomic E-state index is 0.135. The van der Waals surface area contributed by atoms with Gasteiger partial charge in [0.15, 0.2) is 10.6 Å². The molecule has 0 saturated carbocycles. The molecule has 0 aliphatic carbocycles. The molecule has 0 aliphatic heterocycles. The van der Waals surface area contributed by atoms with E-state index >= 15 is 0 Å². The van der Waals surface area contributed by atoms with Crippen molar-refractivity contribution in [1.29, 1.82) is 0 Å². The molecule has 0 radical (unpaired) electrons. The molecule has 7 nitrogen and oxygen atoms in total. The Labute approximate surface area is 147 Å². The number of H-pyrrole nitrogens is 1. The van der Waals surface area contributed by atoms with Gasteiger partial charge >= 0.3 is 0 Å². The third kappa shape index (κ3) is 3.74. The summed E-state index contributed by atoms with van der Waals surface area (Å²) < 4.78 is 2.32. The number of aromatic amines is 1. The molecule has 0 aliphatic rings. The monoisotopic (exact) mass is 360 g/mol. The zero-order valence-electron chi connectivity index (χ0n) is 13.2. The quantitative estimate of drug-likeness (QED) is 0.683. The van der Waals surface area contributed by atoms with Gasteiger partial charge in [0.2, 0.25) is 11.0 Å². The summed E-state index contributed by atoms with van der Waals surface area (Å²) in [5.41, 5.74) is 2.10. The normalized spacial score (nSPS) is 10.8. The van der Waals surface area contributed by atoms with Gasteiger partial charge in [-0.25, -0.2) is 0 Å². The third-order valence-electron chi connectivity index (χ3n) is 3.37. The number of aromatic nitrogens is 5. The van der Waals surface area contributed by atoms with Crippen molar-refractivity contribution in [2.24, 2.45) is 0 Å². The van der Waals surface area contributed by atoms with Crippen molar-refractivity contribution < 1.29 is 4.79 Å². The number of anilines is 1. The molecule has 0 fully saturated rings. The summed E-state index contributed by atoms with van der Waals surface area (Å²) in [5, 5.41) is 18.9. The summed E-state index contributed by atoms with van der Waals surface area (Å²) in [6.45, 7) is 4.29. The zero-order valence-corrected chi connectivity index (χ0v) is 14.9. The maximum atomic E-state index is 12.1.